The highest BCUT2D eigenvalue weighted by Gasteiger charge is 2.29. The normalized spacial score (nSPS) is 16.0. The van der Waals surface area contributed by atoms with Crippen molar-refractivity contribution in [1.82, 2.24) is 0 Å². The molecular formula is C17H21BrN2S. The molecular weight excluding hydrogens is 344 g/mol. The second-order valence-electron chi connectivity index (χ2n) is 5.95. The summed E-state index contributed by atoms with van der Waals surface area (Å²) in [5, 5.41) is 4.40. The van der Waals surface area contributed by atoms with Gasteiger partial charge in [-0.1, -0.05) is 22.0 Å². The number of nitrogens with zero attached hydrogens (tertiary/aromatic N) is 1. The number of rotatable bonds is 6. The maximum Gasteiger partial charge on any atom is 0.0440 e. The maximum absolute atomic E-state index is 5.91. The molecule has 1 heterocycles. The summed E-state index contributed by atoms with van der Waals surface area (Å²) in [5.41, 5.74) is 9.92. The van der Waals surface area contributed by atoms with Gasteiger partial charge >= 0.3 is 0 Å². The van der Waals surface area contributed by atoms with Crippen LogP contribution < -0.4 is 10.6 Å². The SMILES string of the molecule is CC(N)Cc1ccc(N(Cc2ccsc2)C2CC2)cc1Br. The van der Waals surface area contributed by atoms with Crippen LogP contribution in [0.25, 0.3) is 0 Å². The van der Waals surface area contributed by atoms with Gasteiger partial charge in [-0.15, -0.1) is 0 Å². The van der Waals surface area contributed by atoms with Crippen molar-refractivity contribution in [3.8, 4) is 0 Å². The molecule has 0 bridgehead atoms. The zero-order valence-corrected chi connectivity index (χ0v) is 14.7. The van der Waals surface area contributed by atoms with Crippen LogP contribution in [0, 0.1) is 0 Å². The molecule has 4 heteroatoms. The van der Waals surface area contributed by atoms with E-state index >= 15 is 0 Å². The Morgan fingerprint density at radius 3 is 2.76 bits per heavy atom. The lowest BCUT2D eigenvalue weighted by atomic mass is 10.1. The van der Waals surface area contributed by atoms with Crippen LogP contribution in [0.3, 0.4) is 0 Å². The topological polar surface area (TPSA) is 29.3 Å². The van der Waals surface area contributed by atoms with E-state index in [2.05, 4.69) is 55.9 Å². The molecule has 0 spiro atoms. The number of anilines is 1. The zero-order chi connectivity index (χ0) is 14.8. The van der Waals surface area contributed by atoms with Gasteiger partial charge in [0.15, 0.2) is 0 Å². The van der Waals surface area contributed by atoms with Crippen LogP contribution in [0.2, 0.25) is 0 Å². The minimum Gasteiger partial charge on any atom is -0.364 e. The average Bonchev–Trinajstić information content (AvgIpc) is 3.15. The number of benzene rings is 1. The van der Waals surface area contributed by atoms with Gasteiger partial charge in [0.2, 0.25) is 0 Å². The van der Waals surface area contributed by atoms with Gasteiger partial charge < -0.3 is 10.6 Å². The van der Waals surface area contributed by atoms with Crippen LogP contribution in [0.5, 0.6) is 0 Å². The third-order valence-electron chi connectivity index (χ3n) is 3.83. The molecule has 1 aromatic carbocycles. The standard InChI is InChI=1S/C17H21BrN2S/c1-12(19)8-14-2-3-16(9-17(14)18)20(15-4-5-15)10-13-6-7-21-11-13/h2-3,6-7,9,11-12,15H,4-5,8,10,19H2,1H3. The fourth-order valence-corrected chi connectivity index (χ4v) is 3.81. The Kier molecular flexibility index (Phi) is 4.67. The molecule has 0 amide bonds. The number of hydrogen-bond donors (Lipinski definition) is 1. The van der Waals surface area contributed by atoms with Gasteiger partial charge in [-0.3, -0.25) is 0 Å². The van der Waals surface area contributed by atoms with E-state index in [-0.39, 0.29) is 6.04 Å². The molecule has 1 saturated carbocycles. The van der Waals surface area contributed by atoms with Gasteiger partial charge in [-0.05, 0) is 66.3 Å². The first-order valence-corrected chi connectivity index (χ1v) is 9.19. The molecule has 0 radical (unpaired) electrons. The Morgan fingerprint density at radius 2 is 2.19 bits per heavy atom. The second-order valence-corrected chi connectivity index (χ2v) is 7.58. The van der Waals surface area contributed by atoms with E-state index in [1.807, 2.05) is 6.92 Å². The number of nitrogens with two attached hydrogens (primary N) is 1. The molecule has 1 aromatic heterocycles. The third-order valence-corrected chi connectivity index (χ3v) is 5.30. The van der Waals surface area contributed by atoms with Crippen molar-refractivity contribution in [2.45, 2.75) is 44.8 Å². The molecule has 2 N–H and O–H groups in total. The number of halogens is 1. The summed E-state index contributed by atoms with van der Waals surface area (Å²) in [7, 11) is 0. The van der Waals surface area contributed by atoms with Crippen LogP contribution in [0.15, 0.2) is 39.5 Å². The average molecular weight is 365 g/mol. The van der Waals surface area contributed by atoms with Crippen LogP contribution in [-0.4, -0.2) is 12.1 Å². The first-order valence-electron chi connectivity index (χ1n) is 7.45. The van der Waals surface area contributed by atoms with Crippen molar-refractivity contribution in [1.29, 1.82) is 0 Å². The molecule has 1 aliphatic rings. The van der Waals surface area contributed by atoms with Crippen molar-refractivity contribution in [3.05, 3.63) is 50.6 Å². The third kappa shape index (κ3) is 3.87. The van der Waals surface area contributed by atoms with Gasteiger partial charge in [0.25, 0.3) is 0 Å². The second kappa shape index (κ2) is 6.51. The summed E-state index contributed by atoms with van der Waals surface area (Å²) in [6.45, 7) is 3.06. The first kappa shape index (κ1) is 15.1. The molecule has 1 atom stereocenters. The lowest BCUT2D eigenvalue weighted by molar-refractivity contribution is 0.735. The summed E-state index contributed by atoms with van der Waals surface area (Å²) in [6.07, 6.45) is 3.53. The summed E-state index contributed by atoms with van der Waals surface area (Å²) >= 11 is 5.48. The molecule has 21 heavy (non-hydrogen) atoms. The summed E-state index contributed by atoms with van der Waals surface area (Å²) in [5.74, 6) is 0. The van der Waals surface area contributed by atoms with Crippen molar-refractivity contribution in [2.24, 2.45) is 5.73 Å². The molecule has 3 rings (SSSR count). The van der Waals surface area contributed by atoms with Crippen LogP contribution in [-0.2, 0) is 13.0 Å². The number of hydrogen-bond acceptors (Lipinski definition) is 3. The molecule has 0 aliphatic heterocycles. The van der Waals surface area contributed by atoms with E-state index in [0.29, 0.717) is 6.04 Å². The Morgan fingerprint density at radius 1 is 1.38 bits per heavy atom. The van der Waals surface area contributed by atoms with Crippen molar-refractivity contribution in [3.63, 3.8) is 0 Å². The molecule has 0 saturated heterocycles. The monoisotopic (exact) mass is 364 g/mol. The first-order chi connectivity index (χ1) is 10.1. The summed E-state index contributed by atoms with van der Waals surface area (Å²) < 4.78 is 1.17. The largest absolute Gasteiger partial charge is 0.364 e. The van der Waals surface area contributed by atoms with Gasteiger partial charge in [0.1, 0.15) is 0 Å². The van der Waals surface area contributed by atoms with Crippen molar-refractivity contribution in [2.75, 3.05) is 4.90 Å². The Labute approximate surface area is 139 Å². The highest BCUT2D eigenvalue weighted by molar-refractivity contribution is 9.10. The van der Waals surface area contributed by atoms with Gasteiger partial charge in [-0.2, -0.15) is 11.3 Å². The van der Waals surface area contributed by atoms with Crippen LogP contribution in [0.1, 0.15) is 30.9 Å². The van der Waals surface area contributed by atoms with E-state index in [0.717, 1.165) is 13.0 Å². The molecule has 1 aliphatic carbocycles. The van der Waals surface area contributed by atoms with Gasteiger partial charge in [0, 0.05) is 28.8 Å². The van der Waals surface area contributed by atoms with Gasteiger partial charge in [-0.25, -0.2) is 0 Å². The van der Waals surface area contributed by atoms with Crippen molar-refractivity contribution < 1.29 is 0 Å². The zero-order valence-electron chi connectivity index (χ0n) is 12.3. The fourth-order valence-electron chi connectivity index (χ4n) is 2.62. The van der Waals surface area contributed by atoms with Crippen LogP contribution in [0.4, 0.5) is 5.69 Å². The summed E-state index contributed by atoms with van der Waals surface area (Å²) in [6, 6.07) is 9.83. The lowest BCUT2D eigenvalue weighted by Gasteiger charge is -2.25. The highest BCUT2D eigenvalue weighted by Crippen LogP contribution is 2.35. The highest BCUT2D eigenvalue weighted by atomic mass is 79.9. The van der Waals surface area contributed by atoms with E-state index in [1.54, 1.807) is 11.3 Å². The van der Waals surface area contributed by atoms with E-state index in [4.69, 9.17) is 5.73 Å². The van der Waals surface area contributed by atoms with E-state index < -0.39 is 0 Å². The predicted octanol–water partition coefficient (Wildman–Crippen LogP) is 4.57. The molecule has 2 nitrogen and oxygen atoms in total. The van der Waals surface area contributed by atoms with E-state index in [1.165, 1.54) is 34.1 Å². The maximum atomic E-state index is 5.91. The predicted molar refractivity (Wildman–Crippen MR) is 95.0 cm³/mol. The minimum absolute atomic E-state index is 0.192. The Hall–Kier alpha value is -0.840. The number of thiophene rings is 1. The molecule has 2 aromatic rings. The van der Waals surface area contributed by atoms with Gasteiger partial charge in [0.05, 0.1) is 0 Å². The lowest BCUT2D eigenvalue weighted by Crippen LogP contribution is -2.25. The Balaban J connectivity index is 1.81. The fraction of sp³-hybridized carbons (Fsp3) is 0.412. The molecule has 1 fully saturated rings. The van der Waals surface area contributed by atoms with Crippen molar-refractivity contribution >= 4 is 33.0 Å². The smallest absolute Gasteiger partial charge is 0.0440 e. The summed E-state index contributed by atoms with van der Waals surface area (Å²) in [4.78, 5) is 2.53. The van der Waals surface area contributed by atoms with E-state index in [9.17, 15) is 0 Å². The Bertz CT molecular complexity index is 591. The van der Waals surface area contributed by atoms with Crippen LogP contribution >= 0.6 is 27.3 Å². The quantitative estimate of drug-likeness (QED) is 0.813. The minimum atomic E-state index is 0.192. The molecule has 112 valence electrons. The molecule has 1 unspecified atom stereocenters.